The number of aliphatic carboxylic acids is 1. The van der Waals surface area contributed by atoms with Crippen LogP contribution in [0.3, 0.4) is 0 Å². The van der Waals surface area contributed by atoms with E-state index in [-0.39, 0.29) is 6.03 Å². The first-order valence-corrected chi connectivity index (χ1v) is 7.17. The average molecular weight is 275 g/mol. The maximum atomic E-state index is 11.8. The Morgan fingerprint density at radius 3 is 2.78 bits per heavy atom. The smallest absolute Gasteiger partial charge is 0.327 e. The summed E-state index contributed by atoms with van der Waals surface area (Å²) in [5.41, 5.74) is 0. The van der Waals surface area contributed by atoms with Crippen molar-refractivity contribution in [1.29, 1.82) is 0 Å². The van der Waals surface area contributed by atoms with E-state index in [1.165, 1.54) is 16.7 Å². The fourth-order valence-corrected chi connectivity index (χ4v) is 2.84. The normalized spacial score (nSPS) is 19.3. The summed E-state index contributed by atoms with van der Waals surface area (Å²) in [6.07, 6.45) is 1.92. The highest BCUT2D eigenvalue weighted by molar-refractivity contribution is 7.99. The molecule has 7 heteroatoms. The zero-order chi connectivity index (χ0) is 13.5. The van der Waals surface area contributed by atoms with E-state index in [9.17, 15) is 9.59 Å². The molecule has 0 aromatic rings. The first-order valence-electron chi connectivity index (χ1n) is 6.02. The molecule has 0 aromatic carbocycles. The van der Waals surface area contributed by atoms with Crippen LogP contribution in [-0.2, 0) is 4.79 Å². The van der Waals surface area contributed by atoms with E-state index in [4.69, 9.17) is 5.11 Å². The van der Waals surface area contributed by atoms with Crippen LogP contribution in [0, 0.1) is 0 Å². The molecule has 1 saturated heterocycles. The lowest BCUT2D eigenvalue weighted by Crippen LogP contribution is -2.47. The van der Waals surface area contributed by atoms with Crippen LogP contribution in [0.25, 0.3) is 0 Å². The number of urea groups is 1. The van der Waals surface area contributed by atoms with Crippen LogP contribution in [0.15, 0.2) is 0 Å². The van der Waals surface area contributed by atoms with Gasteiger partial charge in [0.05, 0.1) is 5.88 Å². The molecule has 0 radical (unpaired) electrons. The quantitative estimate of drug-likeness (QED) is 0.691. The van der Waals surface area contributed by atoms with E-state index in [1.807, 2.05) is 14.1 Å². The third kappa shape index (κ3) is 4.73. The minimum atomic E-state index is -0.928. The van der Waals surface area contributed by atoms with E-state index in [1.54, 1.807) is 0 Å². The summed E-state index contributed by atoms with van der Waals surface area (Å²) in [6.45, 7) is 1.59. The van der Waals surface area contributed by atoms with Gasteiger partial charge in [-0.05, 0) is 33.5 Å². The lowest BCUT2D eigenvalue weighted by Gasteiger charge is -2.20. The van der Waals surface area contributed by atoms with Crippen LogP contribution in [-0.4, -0.2) is 71.8 Å². The zero-order valence-electron chi connectivity index (χ0n) is 10.9. The Labute approximate surface area is 112 Å². The van der Waals surface area contributed by atoms with Gasteiger partial charge in [0.1, 0.15) is 6.04 Å². The Bertz CT molecular complexity index is 299. The highest BCUT2D eigenvalue weighted by Gasteiger charge is 2.34. The van der Waals surface area contributed by atoms with Gasteiger partial charge in [0.25, 0.3) is 0 Å². The number of hydrogen-bond acceptors (Lipinski definition) is 4. The standard InChI is InChI=1S/C11H21N3O3S/c1-13(2)6-4-3-5-12-11(17)14-8-18-7-9(14)10(15)16/h9H,3-8H2,1-2H3,(H,12,17)(H,15,16)/t9-/m0/s1. The number of thioether (sulfide) groups is 1. The molecular formula is C11H21N3O3S. The molecule has 0 spiro atoms. The first kappa shape index (κ1) is 15.1. The topological polar surface area (TPSA) is 72.9 Å². The van der Waals surface area contributed by atoms with Crippen molar-refractivity contribution in [3.8, 4) is 0 Å². The summed E-state index contributed by atoms with van der Waals surface area (Å²) in [6, 6.07) is -0.950. The Morgan fingerprint density at radius 2 is 2.17 bits per heavy atom. The number of carboxylic acid groups (broad SMARTS) is 1. The summed E-state index contributed by atoms with van der Waals surface area (Å²) in [5.74, 6) is 0.00640. The van der Waals surface area contributed by atoms with Gasteiger partial charge in [-0.25, -0.2) is 9.59 Å². The van der Waals surface area contributed by atoms with Crippen molar-refractivity contribution in [3.63, 3.8) is 0 Å². The molecule has 0 saturated carbocycles. The third-order valence-corrected chi connectivity index (χ3v) is 3.75. The molecule has 1 aliphatic rings. The highest BCUT2D eigenvalue weighted by Crippen LogP contribution is 2.20. The molecule has 0 unspecified atom stereocenters. The Kier molecular flexibility index (Phi) is 6.28. The molecule has 1 atom stereocenters. The summed E-state index contributed by atoms with van der Waals surface area (Å²) in [5, 5.41) is 11.7. The maximum Gasteiger partial charge on any atom is 0.327 e. The van der Waals surface area contributed by atoms with Gasteiger partial charge in [-0.1, -0.05) is 0 Å². The van der Waals surface area contributed by atoms with Crippen LogP contribution in [0.2, 0.25) is 0 Å². The lowest BCUT2D eigenvalue weighted by atomic mass is 10.3. The molecule has 0 aromatic heterocycles. The fourth-order valence-electron chi connectivity index (χ4n) is 1.70. The number of nitrogens with zero attached hydrogens (tertiary/aromatic N) is 2. The number of carbonyl (C=O) groups excluding carboxylic acids is 1. The van der Waals surface area contributed by atoms with Crippen molar-refractivity contribution in [2.24, 2.45) is 0 Å². The fraction of sp³-hybridized carbons (Fsp3) is 0.818. The average Bonchev–Trinajstić information content (AvgIpc) is 2.76. The van der Waals surface area contributed by atoms with Crippen molar-refractivity contribution in [2.75, 3.05) is 38.8 Å². The van der Waals surface area contributed by atoms with Gasteiger partial charge in [-0.3, -0.25) is 0 Å². The maximum absolute atomic E-state index is 11.8. The van der Waals surface area contributed by atoms with Crippen molar-refractivity contribution < 1.29 is 14.7 Å². The minimum absolute atomic E-state index is 0.266. The molecule has 18 heavy (non-hydrogen) atoms. The second kappa shape index (κ2) is 7.48. The van der Waals surface area contributed by atoms with Crippen molar-refractivity contribution in [2.45, 2.75) is 18.9 Å². The number of carbonyl (C=O) groups is 2. The molecule has 1 fully saturated rings. The van der Waals surface area contributed by atoms with Crippen LogP contribution >= 0.6 is 11.8 Å². The molecule has 1 heterocycles. The molecule has 1 aliphatic heterocycles. The van der Waals surface area contributed by atoms with Gasteiger partial charge < -0.3 is 20.2 Å². The van der Waals surface area contributed by atoms with Gasteiger partial charge in [0, 0.05) is 12.3 Å². The number of rotatable bonds is 6. The second-order valence-electron chi connectivity index (χ2n) is 4.57. The van der Waals surface area contributed by atoms with Gasteiger partial charge in [-0.15, -0.1) is 11.8 Å². The highest BCUT2D eigenvalue weighted by atomic mass is 32.2. The van der Waals surface area contributed by atoms with Gasteiger partial charge >= 0.3 is 12.0 Å². The van der Waals surface area contributed by atoms with E-state index >= 15 is 0 Å². The van der Waals surface area contributed by atoms with Crippen molar-refractivity contribution >= 4 is 23.8 Å². The first-order chi connectivity index (χ1) is 8.52. The van der Waals surface area contributed by atoms with Crippen LogP contribution in [0.4, 0.5) is 4.79 Å². The van der Waals surface area contributed by atoms with Gasteiger partial charge in [0.2, 0.25) is 0 Å². The number of amides is 2. The molecule has 0 bridgehead atoms. The lowest BCUT2D eigenvalue weighted by molar-refractivity contribution is -0.140. The Hall–Kier alpha value is -0.950. The van der Waals surface area contributed by atoms with Crippen LogP contribution < -0.4 is 5.32 Å². The van der Waals surface area contributed by atoms with Crippen molar-refractivity contribution in [3.05, 3.63) is 0 Å². The number of nitrogens with one attached hydrogen (secondary N) is 1. The molecule has 2 amide bonds. The largest absolute Gasteiger partial charge is 0.480 e. The summed E-state index contributed by atoms with van der Waals surface area (Å²) in [4.78, 5) is 26.2. The minimum Gasteiger partial charge on any atom is -0.480 e. The van der Waals surface area contributed by atoms with E-state index in [2.05, 4.69) is 10.2 Å². The summed E-state index contributed by atoms with van der Waals surface area (Å²) < 4.78 is 0. The van der Waals surface area contributed by atoms with Gasteiger partial charge in [-0.2, -0.15) is 0 Å². The van der Waals surface area contributed by atoms with E-state index in [0.29, 0.717) is 18.2 Å². The molecule has 1 rings (SSSR count). The number of unbranched alkanes of at least 4 members (excludes halogenated alkanes) is 1. The Morgan fingerprint density at radius 1 is 1.44 bits per heavy atom. The number of carboxylic acids is 1. The SMILES string of the molecule is CN(C)CCCCNC(=O)N1CSC[C@H]1C(=O)O. The monoisotopic (exact) mass is 275 g/mol. The molecular weight excluding hydrogens is 254 g/mol. The molecule has 6 nitrogen and oxygen atoms in total. The number of hydrogen-bond donors (Lipinski definition) is 2. The van der Waals surface area contributed by atoms with E-state index in [0.717, 1.165) is 19.4 Å². The van der Waals surface area contributed by atoms with Crippen LogP contribution in [0.1, 0.15) is 12.8 Å². The van der Waals surface area contributed by atoms with Crippen molar-refractivity contribution in [1.82, 2.24) is 15.1 Å². The third-order valence-electron chi connectivity index (χ3n) is 2.74. The zero-order valence-corrected chi connectivity index (χ0v) is 11.7. The molecule has 0 aliphatic carbocycles. The summed E-state index contributed by atoms with van der Waals surface area (Å²) in [7, 11) is 4.02. The predicted molar refractivity (Wildman–Crippen MR) is 71.8 cm³/mol. The van der Waals surface area contributed by atoms with E-state index < -0.39 is 12.0 Å². The Balaban J connectivity index is 2.22. The molecule has 2 N–H and O–H groups in total. The van der Waals surface area contributed by atoms with Crippen LogP contribution in [0.5, 0.6) is 0 Å². The second-order valence-corrected chi connectivity index (χ2v) is 5.57. The van der Waals surface area contributed by atoms with Gasteiger partial charge in [0.15, 0.2) is 0 Å². The predicted octanol–water partition coefficient (Wildman–Crippen LogP) is 0.497. The molecule has 104 valence electrons. The summed E-state index contributed by atoms with van der Waals surface area (Å²) >= 11 is 1.47.